The lowest BCUT2D eigenvalue weighted by molar-refractivity contribution is -0.138. The van der Waals surface area contributed by atoms with Gasteiger partial charge >= 0.3 is 6.18 Å². The van der Waals surface area contributed by atoms with Crippen molar-refractivity contribution in [1.82, 2.24) is 5.32 Å². The SMILES string of the molecule is CC(C)(C(=O)NCCCC(N)=O)c1cccc(C(F)(F)F)c1. The summed E-state index contributed by atoms with van der Waals surface area (Å²) in [5.74, 6) is -0.873. The van der Waals surface area contributed by atoms with Gasteiger partial charge in [0.25, 0.3) is 0 Å². The van der Waals surface area contributed by atoms with E-state index in [1.807, 2.05) is 0 Å². The van der Waals surface area contributed by atoms with Crippen molar-refractivity contribution < 1.29 is 22.8 Å². The van der Waals surface area contributed by atoms with Crippen molar-refractivity contribution in [3.63, 3.8) is 0 Å². The molecule has 1 aromatic rings. The van der Waals surface area contributed by atoms with Gasteiger partial charge in [0.05, 0.1) is 11.0 Å². The molecule has 0 atom stereocenters. The lowest BCUT2D eigenvalue weighted by Gasteiger charge is -2.25. The van der Waals surface area contributed by atoms with Gasteiger partial charge in [-0.1, -0.05) is 18.2 Å². The number of primary amides is 1. The van der Waals surface area contributed by atoms with E-state index in [2.05, 4.69) is 5.32 Å². The van der Waals surface area contributed by atoms with Crippen molar-refractivity contribution in [2.45, 2.75) is 38.3 Å². The molecule has 1 aromatic carbocycles. The molecule has 0 radical (unpaired) electrons. The molecule has 4 nitrogen and oxygen atoms in total. The summed E-state index contributed by atoms with van der Waals surface area (Å²) >= 11 is 0. The molecule has 0 unspecified atom stereocenters. The van der Waals surface area contributed by atoms with E-state index >= 15 is 0 Å². The van der Waals surface area contributed by atoms with Gasteiger partial charge in [-0.3, -0.25) is 9.59 Å². The molecule has 0 aliphatic rings. The second-order valence-corrected chi connectivity index (χ2v) is 5.53. The van der Waals surface area contributed by atoms with Crippen molar-refractivity contribution in [1.29, 1.82) is 0 Å². The first kappa shape index (κ1) is 18.0. The third-order valence-electron chi connectivity index (χ3n) is 3.36. The van der Waals surface area contributed by atoms with Gasteiger partial charge in [-0.2, -0.15) is 13.2 Å². The molecule has 122 valence electrons. The highest BCUT2D eigenvalue weighted by atomic mass is 19.4. The average Bonchev–Trinajstić information content (AvgIpc) is 2.42. The number of halogens is 3. The number of amides is 2. The minimum Gasteiger partial charge on any atom is -0.370 e. The van der Waals surface area contributed by atoms with Crippen LogP contribution in [0.3, 0.4) is 0 Å². The molecule has 3 N–H and O–H groups in total. The zero-order valence-corrected chi connectivity index (χ0v) is 12.5. The molecule has 0 saturated heterocycles. The lowest BCUT2D eigenvalue weighted by atomic mass is 9.83. The highest BCUT2D eigenvalue weighted by Crippen LogP contribution is 2.32. The summed E-state index contributed by atoms with van der Waals surface area (Å²) in [5, 5.41) is 2.61. The molecule has 7 heteroatoms. The zero-order valence-electron chi connectivity index (χ0n) is 12.5. The molecule has 0 saturated carbocycles. The third kappa shape index (κ3) is 4.75. The molecular formula is C15H19F3N2O2. The Balaban J connectivity index is 2.80. The van der Waals surface area contributed by atoms with E-state index < -0.39 is 29.0 Å². The summed E-state index contributed by atoms with van der Waals surface area (Å²) in [6.45, 7) is 3.34. The molecule has 0 fully saturated rings. The molecule has 22 heavy (non-hydrogen) atoms. The Morgan fingerprint density at radius 2 is 1.77 bits per heavy atom. The first-order valence-corrected chi connectivity index (χ1v) is 6.79. The largest absolute Gasteiger partial charge is 0.416 e. The molecule has 0 aliphatic heterocycles. The van der Waals surface area contributed by atoms with E-state index in [-0.39, 0.29) is 18.5 Å². The summed E-state index contributed by atoms with van der Waals surface area (Å²) in [5.41, 5.74) is 3.35. The molecule has 0 bridgehead atoms. The van der Waals surface area contributed by atoms with Crippen molar-refractivity contribution in [3.8, 4) is 0 Å². The number of hydrogen-bond donors (Lipinski definition) is 2. The molecule has 1 rings (SSSR count). The predicted molar refractivity (Wildman–Crippen MR) is 75.9 cm³/mol. The van der Waals surface area contributed by atoms with Gasteiger partial charge in [0.15, 0.2) is 0 Å². The van der Waals surface area contributed by atoms with Gasteiger partial charge in [0, 0.05) is 13.0 Å². The summed E-state index contributed by atoms with van der Waals surface area (Å²) in [6, 6.07) is 4.70. The van der Waals surface area contributed by atoms with E-state index in [4.69, 9.17) is 5.73 Å². The summed E-state index contributed by atoms with van der Waals surface area (Å²) < 4.78 is 38.2. The average molecular weight is 316 g/mol. The summed E-state index contributed by atoms with van der Waals surface area (Å²) in [6.07, 6.45) is -3.92. The Bertz CT molecular complexity index is 554. The van der Waals surface area contributed by atoms with Crippen LogP contribution in [0.25, 0.3) is 0 Å². The van der Waals surface area contributed by atoms with Gasteiger partial charge in [0.2, 0.25) is 11.8 Å². The monoisotopic (exact) mass is 316 g/mol. The van der Waals surface area contributed by atoms with Crippen LogP contribution in [0.1, 0.15) is 37.8 Å². The number of rotatable bonds is 6. The molecule has 0 aliphatic carbocycles. The van der Waals surface area contributed by atoms with Gasteiger partial charge in [-0.05, 0) is 31.9 Å². The molecule has 2 amide bonds. The van der Waals surface area contributed by atoms with Crippen LogP contribution in [-0.4, -0.2) is 18.4 Å². The highest BCUT2D eigenvalue weighted by Gasteiger charge is 2.34. The van der Waals surface area contributed by atoms with E-state index in [9.17, 15) is 22.8 Å². The normalized spacial score (nSPS) is 12.0. The fourth-order valence-corrected chi connectivity index (χ4v) is 1.90. The van der Waals surface area contributed by atoms with E-state index in [1.54, 1.807) is 13.8 Å². The Morgan fingerprint density at radius 3 is 2.32 bits per heavy atom. The van der Waals surface area contributed by atoms with Crippen molar-refractivity contribution in [2.24, 2.45) is 5.73 Å². The van der Waals surface area contributed by atoms with Crippen LogP contribution in [0.4, 0.5) is 13.2 Å². The Morgan fingerprint density at radius 1 is 1.18 bits per heavy atom. The maximum atomic E-state index is 12.7. The van der Waals surface area contributed by atoms with Crippen molar-refractivity contribution in [2.75, 3.05) is 6.54 Å². The van der Waals surface area contributed by atoms with E-state index in [0.717, 1.165) is 12.1 Å². The first-order valence-electron chi connectivity index (χ1n) is 6.79. The van der Waals surface area contributed by atoms with E-state index in [0.29, 0.717) is 6.42 Å². The number of benzene rings is 1. The van der Waals surface area contributed by atoms with Gasteiger partial charge in [-0.25, -0.2) is 0 Å². The van der Waals surface area contributed by atoms with Gasteiger partial charge in [0.1, 0.15) is 0 Å². The minimum atomic E-state index is -4.45. The Hall–Kier alpha value is -2.05. The van der Waals surface area contributed by atoms with Gasteiger partial charge in [-0.15, -0.1) is 0 Å². The van der Waals surface area contributed by atoms with Crippen LogP contribution in [0.5, 0.6) is 0 Å². The fraction of sp³-hybridized carbons (Fsp3) is 0.467. The van der Waals surface area contributed by atoms with Crippen molar-refractivity contribution >= 4 is 11.8 Å². The molecular weight excluding hydrogens is 297 g/mol. The lowest BCUT2D eigenvalue weighted by Crippen LogP contribution is -2.40. The standard InChI is InChI=1S/C15H19F3N2O2/c1-14(2,13(22)20-8-4-7-12(19)21)10-5-3-6-11(9-10)15(16,17)18/h3,5-6,9H,4,7-8H2,1-2H3,(H2,19,21)(H,20,22). The van der Waals surface area contributed by atoms with Crippen LogP contribution in [0, 0.1) is 0 Å². The molecule has 0 spiro atoms. The van der Waals surface area contributed by atoms with Crippen LogP contribution < -0.4 is 11.1 Å². The second kappa shape index (κ2) is 6.81. The number of hydrogen-bond acceptors (Lipinski definition) is 2. The number of carbonyl (C=O) groups is 2. The second-order valence-electron chi connectivity index (χ2n) is 5.53. The maximum absolute atomic E-state index is 12.7. The zero-order chi connectivity index (χ0) is 17.0. The van der Waals surface area contributed by atoms with Gasteiger partial charge < -0.3 is 11.1 Å². The Labute approximate surface area is 126 Å². The predicted octanol–water partition coefficient (Wildman–Crippen LogP) is 2.36. The maximum Gasteiger partial charge on any atom is 0.416 e. The third-order valence-corrected chi connectivity index (χ3v) is 3.36. The summed E-state index contributed by atoms with van der Waals surface area (Å²) in [7, 11) is 0. The van der Waals surface area contributed by atoms with Crippen LogP contribution in [0.15, 0.2) is 24.3 Å². The topological polar surface area (TPSA) is 72.2 Å². The smallest absolute Gasteiger partial charge is 0.370 e. The van der Waals surface area contributed by atoms with E-state index in [1.165, 1.54) is 12.1 Å². The highest BCUT2D eigenvalue weighted by molar-refractivity contribution is 5.87. The number of alkyl halides is 3. The Kier molecular flexibility index (Phi) is 5.57. The fourth-order valence-electron chi connectivity index (χ4n) is 1.90. The number of nitrogens with two attached hydrogens (primary N) is 1. The summed E-state index contributed by atoms with van der Waals surface area (Å²) in [4.78, 5) is 22.8. The number of nitrogens with one attached hydrogen (secondary N) is 1. The van der Waals surface area contributed by atoms with Crippen LogP contribution in [-0.2, 0) is 21.2 Å². The minimum absolute atomic E-state index is 0.143. The van der Waals surface area contributed by atoms with Crippen molar-refractivity contribution in [3.05, 3.63) is 35.4 Å². The quantitative estimate of drug-likeness (QED) is 0.791. The molecule has 0 aromatic heterocycles. The first-order chi connectivity index (χ1) is 10.0. The molecule has 0 heterocycles. The number of carbonyl (C=O) groups excluding carboxylic acids is 2. The van der Waals surface area contributed by atoms with Crippen LogP contribution in [0.2, 0.25) is 0 Å². The van der Waals surface area contributed by atoms with Crippen LogP contribution >= 0.6 is 0 Å².